The van der Waals surface area contributed by atoms with E-state index in [1.165, 1.54) is 17.3 Å². The number of nitrogens with zero attached hydrogens (tertiary/aromatic N) is 4. The number of hydrogen-bond acceptors (Lipinski definition) is 5. The lowest BCUT2D eigenvalue weighted by Gasteiger charge is -2.09. The molecule has 0 fully saturated rings. The number of hydrogen-bond donors (Lipinski definition) is 2. The molecule has 0 bridgehead atoms. The normalized spacial score (nSPS) is 10.8. The Morgan fingerprint density at radius 2 is 2.08 bits per heavy atom. The maximum Gasteiger partial charge on any atom is 0.268 e. The van der Waals surface area contributed by atoms with Crippen LogP contribution in [0.1, 0.15) is 16.1 Å². The lowest BCUT2D eigenvalue weighted by Crippen LogP contribution is -2.26. The summed E-state index contributed by atoms with van der Waals surface area (Å²) in [5.41, 5.74) is 0.687. The third-order valence-corrected chi connectivity index (χ3v) is 3.94. The quantitative estimate of drug-likeness (QED) is 0.581. The van der Waals surface area contributed by atoms with Crippen LogP contribution in [0.4, 0.5) is 0 Å². The van der Waals surface area contributed by atoms with Crippen LogP contribution in [0.25, 0.3) is 16.6 Å². The summed E-state index contributed by atoms with van der Waals surface area (Å²) < 4.78 is 1.53. The molecule has 0 aliphatic heterocycles. The number of carbonyl (C=O) groups excluding carboxylic acids is 1. The number of rotatable bonds is 4. The van der Waals surface area contributed by atoms with Crippen LogP contribution in [0.5, 0.6) is 0 Å². The molecule has 128 valence electrons. The molecular weight excluding hydrogens is 332 g/mol. The molecule has 3 aromatic heterocycles. The molecule has 4 rings (SSSR count). The van der Waals surface area contributed by atoms with Gasteiger partial charge in [0.25, 0.3) is 11.5 Å². The number of carbonyl (C=O) groups is 1. The minimum atomic E-state index is -0.374. The Labute approximate surface area is 147 Å². The Hall–Kier alpha value is -3.81. The minimum Gasteiger partial charge on any atom is -0.347 e. The highest BCUT2D eigenvalue weighted by Crippen LogP contribution is 2.11. The van der Waals surface area contributed by atoms with E-state index in [0.29, 0.717) is 16.6 Å². The van der Waals surface area contributed by atoms with E-state index in [1.807, 2.05) is 12.1 Å². The highest BCUT2D eigenvalue weighted by atomic mass is 16.2. The van der Waals surface area contributed by atoms with Crippen molar-refractivity contribution in [2.75, 3.05) is 0 Å². The number of benzene rings is 1. The van der Waals surface area contributed by atoms with Crippen LogP contribution in [0.15, 0.2) is 66.1 Å². The largest absolute Gasteiger partial charge is 0.347 e. The van der Waals surface area contributed by atoms with E-state index in [-0.39, 0.29) is 23.7 Å². The monoisotopic (exact) mass is 346 g/mol. The topological polar surface area (TPSA) is 106 Å². The second kappa shape index (κ2) is 6.60. The number of amides is 1. The highest BCUT2D eigenvalue weighted by molar-refractivity contribution is 5.96. The van der Waals surface area contributed by atoms with Crippen molar-refractivity contribution in [3.8, 4) is 5.82 Å². The van der Waals surface area contributed by atoms with Gasteiger partial charge >= 0.3 is 0 Å². The summed E-state index contributed by atoms with van der Waals surface area (Å²) in [5, 5.41) is 8.12. The third-order valence-electron chi connectivity index (χ3n) is 3.94. The lowest BCUT2D eigenvalue weighted by atomic mass is 10.1. The van der Waals surface area contributed by atoms with Crippen molar-refractivity contribution in [2.24, 2.45) is 0 Å². The zero-order chi connectivity index (χ0) is 17.9. The molecule has 8 nitrogen and oxygen atoms in total. The molecule has 0 unspecified atom stereocenters. The summed E-state index contributed by atoms with van der Waals surface area (Å²) in [6, 6.07) is 12.4. The van der Waals surface area contributed by atoms with Gasteiger partial charge in [0.05, 0.1) is 0 Å². The Balaban J connectivity index is 1.58. The molecule has 1 amide bonds. The van der Waals surface area contributed by atoms with E-state index in [0.717, 1.165) is 5.56 Å². The van der Waals surface area contributed by atoms with Gasteiger partial charge in [-0.2, -0.15) is 5.10 Å². The molecule has 2 N–H and O–H groups in total. The van der Waals surface area contributed by atoms with Gasteiger partial charge in [-0.15, -0.1) is 0 Å². The Morgan fingerprint density at radius 1 is 1.19 bits per heavy atom. The van der Waals surface area contributed by atoms with Crippen LogP contribution in [0, 0.1) is 0 Å². The second-order valence-electron chi connectivity index (χ2n) is 5.61. The molecule has 0 spiro atoms. The van der Waals surface area contributed by atoms with Crippen LogP contribution in [0.3, 0.4) is 0 Å². The molecule has 26 heavy (non-hydrogen) atoms. The van der Waals surface area contributed by atoms with E-state index in [1.54, 1.807) is 36.5 Å². The predicted molar refractivity (Wildman–Crippen MR) is 94.9 cm³/mol. The van der Waals surface area contributed by atoms with Gasteiger partial charge in [-0.25, -0.2) is 14.6 Å². The zero-order valence-corrected chi connectivity index (χ0v) is 13.6. The fourth-order valence-electron chi connectivity index (χ4n) is 2.70. The van der Waals surface area contributed by atoms with Gasteiger partial charge in [-0.3, -0.25) is 9.59 Å². The van der Waals surface area contributed by atoms with Crippen LogP contribution < -0.4 is 10.9 Å². The van der Waals surface area contributed by atoms with Crippen molar-refractivity contribution in [1.29, 1.82) is 0 Å². The van der Waals surface area contributed by atoms with Gasteiger partial charge in [0.15, 0.2) is 5.82 Å². The molecule has 4 aromatic rings. The summed E-state index contributed by atoms with van der Waals surface area (Å²) in [5.74, 6) is 0.207. The molecule has 0 radical (unpaired) electrons. The lowest BCUT2D eigenvalue weighted by molar-refractivity contribution is 0.0946. The number of fused-ring (bicyclic) bond motifs is 1. The first-order valence-corrected chi connectivity index (χ1v) is 7.91. The van der Waals surface area contributed by atoms with E-state index in [9.17, 15) is 9.59 Å². The van der Waals surface area contributed by atoms with Crippen molar-refractivity contribution in [3.63, 3.8) is 0 Å². The van der Waals surface area contributed by atoms with Crippen molar-refractivity contribution in [1.82, 2.24) is 30.0 Å². The van der Waals surface area contributed by atoms with Crippen molar-refractivity contribution >= 4 is 16.7 Å². The van der Waals surface area contributed by atoms with Crippen LogP contribution in [-0.4, -0.2) is 30.6 Å². The maximum atomic E-state index is 12.5. The van der Waals surface area contributed by atoms with Crippen molar-refractivity contribution in [2.45, 2.75) is 6.54 Å². The number of aromatic amines is 1. The van der Waals surface area contributed by atoms with Gasteiger partial charge in [-0.1, -0.05) is 24.3 Å². The van der Waals surface area contributed by atoms with Gasteiger partial charge in [-0.05, 0) is 23.6 Å². The average molecular weight is 346 g/mol. The first kappa shape index (κ1) is 15.7. The molecule has 8 heteroatoms. The van der Waals surface area contributed by atoms with Gasteiger partial charge in [0, 0.05) is 23.7 Å². The van der Waals surface area contributed by atoms with E-state index in [2.05, 4.69) is 25.4 Å². The second-order valence-corrected chi connectivity index (χ2v) is 5.61. The number of nitrogens with one attached hydrogen (secondary N) is 2. The van der Waals surface area contributed by atoms with E-state index >= 15 is 0 Å². The summed E-state index contributed by atoms with van der Waals surface area (Å²) in [6.45, 7) is 0.233. The summed E-state index contributed by atoms with van der Waals surface area (Å²) in [4.78, 5) is 35.4. The first-order valence-electron chi connectivity index (χ1n) is 7.91. The predicted octanol–water partition coefficient (Wildman–Crippen LogP) is 1.43. The fraction of sp³-hybridized carbons (Fsp3) is 0.0556. The maximum absolute atomic E-state index is 12.5. The molecule has 1 aromatic carbocycles. The smallest absolute Gasteiger partial charge is 0.268 e. The fourth-order valence-corrected chi connectivity index (χ4v) is 2.70. The van der Waals surface area contributed by atoms with Gasteiger partial charge in [0.2, 0.25) is 0 Å². The highest BCUT2D eigenvalue weighted by Gasteiger charge is 2.11. The Morgan fingerprint density at radius 3 is 2.92 bits per heavy atom. The standard InChI is InChI=1S/C18H14N6O2/c25-17-14-6-2-1-4-12(14)8-15(23-17)18(26)21-9-13-5-3-7-20-16(13)24-11-19-10-22-24/h1-8,10-11H,9H2,(H,21,26)(H,23,25). The Bertz CT molecular complexity index is 1130. The molecule has 0 atom stereocenters. The van der Waals surface area contributed by atoms with Crippen LogP contribution in [0.2, 0.25) is 0 Å². The van der Waals surface area contributed by atoms with E-state index < -0.39 is 0 Å². The number of aromatic nitrogens is 5. The third kappa shape index (κ3) is 2.95. The minimum absolute atomic E-state index is 0.208. The summed E-state index contributed by atoms with van der Waals surface area (Å²) in [6.07, 6.45) is 4.59. The zero-order valence-electron chi connectivity index (χ0n) is 13.6. The molecule has 0 aliphatic carbocycles. The van der Waals surface area contributed by atoms with Crippen LogP contribution >= 0.6 is 0 Å². The number of pyridine rings is 2. The van der Waals surface area contributed by atoms with Gasteiger partial charge < -0.3 is 10.3 Å². The van der Waals surface area contributed by atoms with Gasteiger partial charge in [0.1, 0.15) is 18.3 Å². The first-order chi connectivity index (χ1) is 12.7. The summed E-state index contributed by atoms with van der Waals surface area (Å²) >= 11 is 0. The average Bonchev–Trinajstić information content (AvgIpc) is 3.21. The van der Waals surface area contributed by atoms with Crippen molar-refractivity contribution in [3.05, 3.63) is 82.9 Å². The molecular formula is C18H14N6O2. The SMILES string of the molecule is O=C(NCc1cccnc1-n1cncn1)c1cc2ccccc2c(=O)[nH]1. The molecule has 3 heterocycles. The molecule has 0 saturated carbocycles. The Kier molecular flexibility index (Phi) is 3.98. The van der Waals surface area contributed by atoms with Crippen molar-refractivity contribution < 1.29 is 4.79 Å². The summed E-state index contributed by atoms with van der Waals surface area (Å²) in [7, 11) is 0. The van der Waals surface area contributed by atoms with E-state index in [4.69, 9.17) is 0 Å². The molecule has 0 aliphatic rings. The number of H-pyrrole nitrogens is 1. The van der Waals surface area contributed by atoms with Crippen LogP contribution in [-0.2, 0) is 6.54 Å². The molecule has 0 saturated heterocycles.